The van der Waals surface area contributed by atoms with E-state index in [1.165, 1.54) is 42.9 Å². The lowest BCUT2D eigenvalue weighted by Gasteiger charge is -2.11. The quantitative estimate of drug-likeness (QED) is 0.408. The molecule has 156 valence electrons. The van der Waals surface area contributed by atoms with Crippen LogP contribution in [0.1, 0.15) is 16.1 Å². The Kier molecular flexibility index (Phi) is 5.02. The fourth-order valence-electron chi connectivity index (χ4n) is 3.00. The van der Waals surface area contributed by atoms with Gasteiger partial charge in [-0.2, -0.15) is 13.2 Å². The van der Waals surface area contributed by atoms with Gasteiger partial charge in [-0.3, -0.25) is 0 Å². The molecule has 0 unspecified atom stereocenters. The molecular weight excluding hydrogens is 416 g/mol. The normalized spacial score (nSPS) is 11.5. The highest BCUT2D eigenvalue weighted by Gasteiger charge is 2.34. The van der Waals surface area contributed by atoms with Gasteiger partial charge in [0, 0.05) is 11.1 Å². The summed E-state index contributed by atoms with van der Waals surface area (Å²) < 4.78 is 59.0. The van der Waals surface area contributed by atoms with Crippen LogP contribution in [-0.4, -0.2) is 21.0 Å². The molecule has 0 amide bonds. The van der Waals surface area contributed by atoms with E-state index < -0.39 is 23.7 Å². The minimum atomic E-state index is -4.70. The number of hydrogen-bond acceptors (Lipinski definition) is 4. The number of carboxylic acids is 1. The number of benzene rings is 2. The van der Waals surface area contributed by atoms with Gasteiger partial charge in [0.25, 0.3) is 0 Å². The van der Waals surface area contributed by atoms with E-state index in [-0.39, 0.29) is 28.2 Å². The number of halogens is 4. The van der Waals surface area contributed by atoms with Gasteiger partial charge < -0.3 is 9.52 Å². The first-order chi connectivity index (χ1) is 14.7. The zero-order valence-electron chi connectivity index (χ0n) is 15.5. The molecule has 0 fully saturated rings. The predicted octanol–water partition coefficient (Wildman–Crippen LogP) is 5.93. The Bertz CT molecular complexity index is 1270. The van der Waals surface area contributed by atoms with E-state index in [2.05, 4.69) is 9.97 Å². The molecule has 0 aliphatic rings. The zero-order chi connectivity index (χ0) is 22.2. The van der Waals surface area contributed by atoms with Crippen molar-refractivity contribution in [1.82, 2.24) is 9.97 Å². The number of carbonyl (C=O) groups is 1. The van der Waals surface area contributed by atoms with E-state index in [1.54, 1.807) is 6.07 Å². The Hall–Kier alpha value is -4.01. The third-order valence-corrected chi connectivity index (χ3v) is 4.43. The molecule has 2 aromatic heterocycles. The molecule has 4 rings (SSSR count). The van der Waals surface area contributed by atoms with Gasteiger partial charge in [0.05, 0.1) is 23.8 Å². The maximum Gasteiger partial charge on any atom is 0.433 e. The molecule has 2 heterocycles. The molecule has 0 radical (unpaired) electrons. The van der Waals surface area contributed by atoms with Crippen molar-refractivity contribution >= 4 is 5.97 Å². The summed E-state index contributed by atoms with van der Waals surface area (Å²) in [6.45, 7) is 0. The van der Waals surface area contributed by atoms with Crippen LogP contribution in [0.5, 0.6) is 0 Å². The number of aromatic nitrogens is 2. The van der Waals surface area contributed by atoms with Crippen molar-refractivity contribution in [2.75, 3.05) is 0 Å². The third kappa shape index (κ3) is 4.30. The lowest BCUT2D eigenvalue weighted by atomic mass is 10.0. The number of alkyl halides is 3. The van der Waals surface area contributed by atoms with Crippen molar-refractivity contribution in [2.45, 2.75) is 6.18 Å². The van der Waals surface area contributed by atoms with Crippen molar-refractivity contribution < 1.29 is 31.9 Å². The maximum absolute atomic E-state index is 13.9. The van der Waals surface area contributed by atoms with Crippen LogP contribution in [0.25, 0.3) is 33.8 Å². The molecule has 0 aliphatic carbocycles. The molecule has 0 spiro atoms. The summed E-state index contributed by atoms with van der Waals surface area (Å²) in [7, 11) is 0. The summed E-state index contributed by atoms with van der Waals surface area (Å²) in [6.07, 6.45) is -2.12. The summed E-state index contributed by atoms with van der Waals surface area (Å²) in [4.78, 5) is 19.1. The van der Waals surface area contributed by atoms with Crippen molar-refractivity contribution in [3.63, 3.8) is 0 Å². The molecule has 1 N–H and O–H groups in total. The van der Waals surface area contributed by atoms with E-state index in [0.29, 0.717) is 11.1 Å². The second-order valence-electron chi connectivity index (χ2n) is 6.59. The molecular formula is C22H12F4N2O3. The summed E-state index contributed by atoms with van der Waals surface area (Å²) in [6, 6.07) is 11.7. The Labute approximate surface area is 172 Å². The Morgan fingerprint density at radius 3 is 2.35 bits per heavy atom. The average Bonchev–Trinajstić information content (AvgIpc) is 3.27. The van der Waals surface area contributed by atoms with Gasteiger partial charge in [-0.25, -0.2) is 19.2 Å². The maximum atomic E-state index is 13.9. The topological polar surface area (TPSA) is 76.2 Å². The molecule has 0 saturated heterocycles. The largest absolute Gasteiger partial charge is 0.478 e. The molecule has 0 saturated carbocycles. The van der Waals surface area contributed by atoms with Crippen molar-refractivity contribution in [2.24, 2.45) is 0 Å². The molecule has 0 aliphatic heterocycles. The van der Waals surface area contributed by atoms with Crippen LogP contribution >= 0.6 is 0 Å². The SMILES string of the molecule is O=C(O)c1cc(F)cc(-c2cccc(-c3nc(-c4ccoc4)cc(C(F)(F)F)n3)c2)c1. The molecule has 5 nitrogen and oxygen atoms in total. The lowest BCUT2D eigenvalue weighted by Crippen LogP contribution is -2.10. The molecule has 0 bridgehead atoms. The third-order valence-electron chi connectivity index (χ3n) is 4.43. The average molecular weight is 428 g/mol. The lowest BCUT2D eigenvalue weighted by molar-refractivity contribution is -0.141. The summed E-state index contributed by atoms with van der Waals surface area (Å²) in [5.41, 5.74) is -0.117. The second kappa shape index (κ2) is 7.67. The van der Waals surface area contributed by atoms with Crippen molar-refractivity contribution in [3.8, 4) is 33.8 Å². The van der Waals surface area contributed by atoms with Crippen LogP contribution in [0.2, 0.25) is 0 Å². The summed E-state index contributed by atoms with van der Waals surface area (Å²) >= 11 is 0. The van der Waals surface area contributed by atoms with Gasteiger partial charge >= 0.3 is 12.1 Å². The fourth-order valence-corrected chi connectivity index (χ4v) is 3.00. The Morgan fingerprint density at radius 1 is 0.903 bits per heavy atom. The van der Waals surface area contributed by atoms with Gasteiger partial charge in [0.2, 0.25) is 0 Å². The number of hydrogen-bond donors (Lipinski definition) is 1. The van der Waals surface area contributed by atoms with Crippen LogP contribution in [0.4, 0.5) is 17.6 Å². The first kappa shape index (κ1) is 20.3. The predicted molar refractivity (Wildman–Crippen MR) is 103 cm³/mol. The minimum absolute atomic E-state index is 0.0235. The Balaban J connectivity index is 1.85. The molecule has 0 atom stereocenters. The molecule has 31 heavy (non-hydrogen) atoms. The highest BCUT2D eigenvalue weighted by atomic mass is 19.4. The first-order valence-corrected chi connectivity index (χ1v) is 8.84. The Morgan fingerprint density at radius 2 is 1.68 bits per heavy atom. The van der Waals surface area contributed by atoms with Gasteiger partial charge in [-0.1, -0.05) is 18.2 Å². The van der Waals surface area contributed by atoms with Crippen LogP contribution in [0, 0.1) is 5.82 Å². The molecule has 9 heteroatoms. The van der Waals surface area contributed by atoms with Crippen LogP contribution in [0.15, 0.2) is 71.5 Å². The number of aromatic carboxylic acids is 1. The fraction of sp³-hybridized carbons (Fsp3) is 0.0455. The van der Waals surface area contributed by atoms with Crippen LogP contribution in [0.3, 0.4) is 0 Å². The first-order valence-electron chi connectivity index (χ1n) is 8.84. The van der Waals surface area contributed by atoms with Crippen molar-refractivity contribution in [3.05, 3.63) is 84.2 Å². The molecule has 4 aromatic rings. The number of nitrogens with zero attached hydrogens (tertiary/aromatic N) is 2. The monoisotopic (exact) mass is 428 g/mol. The smallest absolute Gasteiger partial charge is 0.433 e. The number of carboxylic acid groups (broad SMARTS) is 1. The highest BCUT2D eigenvalue weighted by molar-refractivity contribution is 5.89. The second-order valence-corrected chi connectivity index (χ2v) is 6.59. The highest BCUT2D eigenvalue weighted by Crippen LogP contribution is 2.33. The van der Waals surface area contributed by atoms with Gasteiger partial charge in [0.1, 0.15) is 11.5 Å². The summed E-state index contributed by atoms with van der Waals surface area (Å²) in [5.74, 6) is -2.25. The number of furan rings is 1. The van der Waals surface area contributed by atoms with E-state index in [9.17, 15) is 22.4 Å². The van der Waals surface area contributed by atoms with Crippen LogP contribution in [-0.2, 0) is 6.18 Å². The van der Waals surface area contributed by atoms with Gasteiger partial charge in [-0.05, 0) is 47.5 Å². The molecule has 2 aromatic carbocycles. The van der Waals surface area contributed by atoms with Crippen LogP contribution < -0.4 is 0 Å². The van der Waals surface area contributed by atoms with Gasteiger partial charge in [0.15, 0.2) is 5.82 Å². The number of rotatable bonds is 4. The minimum Gasteiger partial charge on any atom is -0.478 e. The standard InChI is InChI=1S/C22H12F4N2O3/c23-17-8-15(7-16(9-17)21(29)30)12-2-1-3-13(6-12)20-27-18(14-4-5-31-11-14)10-19(28-20)22(24,25)26/h1-11H,(H,29,30). The van der Waals surface area contributed by atoms with E-state index in [4.69, 9.17) is 9.52 Å². The summed E-state index contributed by atoms with van der Waals surface area (Å²) in [5, 5.41) is 9.14. The van der Waals surface area contributed by atoms with E-state index in [1.807, 2.05) is 0 Å². The van der Waals surface area contributed by atoms with Crippen molar-refractivity contribution in [1.29, 1.82) is 0 Å². The van der Waals surface area contributed by atoms with Gasteiger partial charge in [-0.15, -0.1) is 0 Å². The van der Waals surface area contributed by atoms with E-state index >= 15 is 0 Å². The zero-order valence-corrected chi connectivity index (χ0v) is 15.5. The van der Waals surface area contributed by atoms with E-state index in [0.717, 1.165) is 18.2 Å².